The van der Waals surface area contributed by atoms with E-state index in [0.29, 0.717) is 10.6 Å². The summed E-state index contributed by atoms with van der Waals surface area (Å²) >= 11 is 5.93. The molecule has 92 valence electrons. The SMILES string of the molecule is O=Cc1cc(-c2cnc3ccccc3c2)ccc1Cl. The molecule has 2 aromatic carbocycles. The van der Waals surface area contributed by atoms with Crippen LogP contribution in [0.3, 0.4) is 0 Å². The Hall–Kier alpha value is -2.19. The van der Waals surface area contributed by atoms with Crippen molar-refractivity contribution in [3.8, 4) is 11.1 Å². The summed E-state index contributed by atoms with van der Waals surface area (Å²) in [5.41, 5.74) is 3.35. The molecule has 0 saturated heterocycles. The van der Waals surface area contributed by atoms with Crippen LogP contribution in [0.5, 0.6) is 0 Å². The van der Waals surface area contributed by atoms with Gasteiger partial charge in [0.15, 0.2) is 6.29 Å². The minimum absolute atomic E-state index is 0.465. The lowest BCUT2D eigenvalue weighted by Gasteiger charge is -2.05. The molecule has 0 atom stereocenters. The van der Waals surface area contributed by atoms with E-state index < -0.39 is 0 Å². The van der Waals surface area contributed by atoms with Gasteiger partial charge in [0.05, 0.1) is 10.5 Å². The molecule has 1 aromatic heterocycles. The number of carbonyl (C=O) groups excluding carboxylic acids is 1. The lowest BCUT2D eigenvalue weighted by molar-refractivity contribution is 0.112. The monoisotopic (exact) mass is 267 g/mol. The Morgan fingerprint density at radius 3 is 2.68 bits per heavy atom. The molecule has 0 aliphatic rings. The Morgan fingerprint density at radius 2 is 1.84 bits per heavy atom. The summed E-state index contributed by atoms with van der Waals surface area (Å²) in [5, 5.41) is 1.54. The normalized spacial score (nSPS) is 10.6. The number of halogens is 1. The van der Waals surface area contributed by atoms with Crippen LogP contribution in [0.25, 0.3) is 22.0 Å². The molecule has 0 aliphatic heterocycles. The summed E-state index contributed by atoms with van der Waals surface area (Å²) in [4.78, 5) is 15.3. The molecule has 3 rings (SSSR count). The van der Waals surface area contributed by atoms with E-state index in [1.807, 2.05) is 30.3 Å². The second-order valence-electron chi connectivity index (χ2n) is 4.27. The molecule has 2 nitrogen and oxygen atoms in total. The van der Waals surface area contributed by atoms with Gasteiger partial charge in [0.2, 0.25) is 0 Å². The van der Waals surface area contributed by atoms with E-state index in [1.54, 1.807) is 18.3 Å². The number of nitrogens with zero attached hydrogens (tertiary/aromatic N) is 1. The summed E-state index contributed by atoms with van der Waals surface area (Å²) in [6.07, 6.45) is 2.57. The Morgan fingerprint density at radius 1 is 1.00 bits per heavy atom. The first-order chi connectivity index (χ1) is 9.28. The van der Waals surface area contributed by atoms with E-state index in [0.717, 1.165) is 28.3 Å². The van der Waals surface area contributed by atoms with Crippen LogP contribution in [0.4, 0.5) is 0 Å². The van der Waals surface area contributed by atoms with Crippen LogP contribution in [0.15, 0.2) is 54.7 Å². The summed E-state index contributed by atoms with van der Waals surface area (Å²) in [6.45, 7) is 0. The zero-order chi connectivity index (χ0) is 13.2. The number of aromatic nitrogens is 1. The van der Waals surface area contributed by atoms with Gasteiger partial charge in [-0.15, -0.1) is 0 Å². The predicted octanol–water partition coefficient (Wildman–Crippen LogP) is 4.37. The first-order valence-electron chi connectivity index (χ1n) is 5.88. The zero-order valence-corrected chi connectivity index (χ0v) is 10.8. The zero-order valence-electron chi connectivity index (χ0n) is 10.0. The quantitative estimate of drug-likeness (QED) is 0.646. The number of rotatable bonds is 2. The molecule has 0 fully saturated rings. The average molecular weight is 268 g/mol. The third kappa shape index (κ3) is 2.23. The number of carbonyl (C=O) groups is 1. The van der Waals surface area contributed by atoms with Crippen molar-refractivity contribution < 1.29 is 4.79 Å². The summed E-state index contributed by atoms with van der Waals surface area (Å²) < 4.78 is 0. The number of aldehydes is 1. The molecule has 0 amide bonds. The van der Waals surface area contributed by atoms with Gasteiger partial charge in [0.1, 0.15) is 0 Å². The minimum Gasteiger partial charge on any atom is -0.298 e. The highest BCUT2D eigenvalue weighted by atomic mass is 35.5. The molecule has 1 heterocycles. The maximum absolute atomic E-state index is 10.9. The van der Waals surface area contributed by atoms with Crippen molar-refractivity contribution in [3.63, 3.8) is 0 Å². The van der Waals surface area contributed by atoms with Crippen LogP contribution >= 0.6 is 11.6 Å². The molecule has 3 aromatic rings. The average Bonchev–Trinajstić information content (AvgIpc) is 2.47. The highest BCUT2D eigenvalue weighted by molar-refractivity contribution is 6.33. The van der Waals surface area contributed by atoms with Gasteiger partial charge in [-0.25, -0.2) is 0 Å². The Labute approximate surface area is 115 Å². The third-order valence-electron chi connectivity index (χ3n) is 3.05. The fraction of sp³-hybridized carbons (Fsp3) is 0. The molecule has 0 saturated carbocycles. The van der Waals surface area contributed by atoms with Crippen LogP contribution in [-0.2, 0) is 0 Å². The van der Waals surface area contributed by atoms with Gasteiger partial charge in [-0.3, -0.25) is 9.78 Å². The van der Waals surface area contributed by atoms with Crippen molar-refractivity contribution in [2.75, 3.05) is 0 Å². The van der Waals surface area contributed by atoms with Crippen molar-refractivity contribution in [1.82, 2.24) is 4.98 Å². The van der Waals surface area contributed by atoms with Crippen LogP contribution in [0.1, 0.15) is 10.4 Å². The molecule has 0 spiro atoms. The Balaban J connectivity index is 2.16. The molecule has 0 unspecified atom stereocenters. The fourth-order valence-corrected chi connectivity index (χ4v) is 2.20. The van der Waals surface area contributed by atoms with Crippen molar-refractivity contribution in [1.29, 1.82) is 0 Å². The summed E-state index contributed by atoms with van der Waals surface area (Å²) in [6, 6.07) is 15.4. The van der Waals surface area contributed by atoms with Gasteiger partial charge < -0.3 is 0 Å². The lowest BCUT2D eigenvalue weighted by atomic mass is 10.0. The maximum Gasteiger partial charge on any atom is 0.151 e. The first-order valence-corrected chi connectivity index (χ1v) is 6.25. The summed E-state index contributed by atoms with van der Waals surface area (Å²) in [5.74, 6) is 0. The van der Waals surface area contributed by atoms with E-state index >= 15 is 0 Å². The molecule has 0 aliphatic carbocycles. The molecule has 19 heavy (non-hydrogen) atoms. The molecule has 0 radical (unpaired) electrons. The fourth-order valence-electron chi connectivity index (χ4n) is 2.04. The number of benzene rings is 2. The van der Waals surface area contributed by atoms with Crippen LogP contribution < -0.4 is 0 Å². The molecular formula is C16H10ClNO. The number of pyridine rings is 1. The smallest absolute Gasteiger partial charge is 0.151 e. The van der Waals surface area contributed by atoms with Crippen LogP contribution in [0.2, 0.25) is 5.02 Å². The lowest BCUT2D eigenvalue weighted by Crippen LogP contribution is -1.86. The minimum atomic E-state index is 0.465. The van der Waals surface area contributed by atoms with Crippen LogP contribution in [0, 0.1) is 0 Å². The van der Waals surface area contributed by atoms with E-state index in [1.165, 1.54) is 0 Å². The van der Waals surface area contributed by atoms with Gasteiger partial charge in [-0.05, 0) is 29.8 Å². The van der Waals surface area contributed by atoms with Crippen molar-refractivity contribution in [2.45, 2.75) is 0 Å². The van der Waals surface area contributed by atoms with Crippen LogP contribution in [-0.4, -0.2) is 11.3 Å². The standard InChI is InChI=1S/C16H10ClNO/c17-15-6-5-11(7-14(15)10-19)13-8-12-3-1-2-4-16(12)18-9-13/h1-10H. The highest BCUT2D eigenvalue weighted by Crippen LogP contribution is 2.26. The van der Waals surface area contributed by atoms with Gasteiger partial charge in [-0.1, -0.05) is 35.9 Å². The van der Waals surface area contributed by atoms with Gasteiger partial charge >= 0.3 is 0 Å². The third-order valence-corrected chi connectivity index (χ3v) is 3.39. The molecule has 0 N–H and O–H groups in total. The van der Waals surface area contributed by atoms with Crippen molar-refractivity contribution in [3.05, 3.63) is 65.3 Å². The maximum atomic E-state index is 10.9. The highest BCUT2D eigenvalue weighted by Gasteiger charge is 2.04. The first kappa shape index (κ1) is 11.9. The molecule has 0 bridgehead atoms. The molecule has 3 heteroatoms. The summed E-state index contributed by atoms with van der Waals surface area (Å²) in [7, 11) is 0. The Kier molecular flexibility index (Phi) is 3.02. The van der Waals surface area contributed by atoms with E-state index in [9.17, 15) is 4.79 Å². The predicted molar refractivity (Wildman–Crippen MR) is 77.6 cm³/mol. The Bertz CT molecular complexity index is 768. The van der Waals surface area contributed by atoms with Gasteiger partial charge in [0.25, 0.3) is 0 Å². The number of fused-ring (bicyclic) bond motifs is 1. The van der Waals surface area contributed by atoms with Crippen molar-refractivity contribution >= 4 is 28.8 Å². The largest absolute Gasteiger partial charge is 0.298 e. The molecular weight excluding hydrogens is 258 g/mol. The van der Waals surface area contributed by atoms with E-state index in [4.69, 9.17) is 11.6 Å². The number of hydrogen-bond acceptors (Lipinski definition) is 2. The van der Waals surface area contributed by atoms with E-state index in [-0.39, 0.29) is 0 Å². The van der Waals surface area contributed by atoms with E-state index in [2.05, 4.69) is 11.1 Å². The topological polar surface area (TPSA) is 30.0 Å². The number of para-hydroxylation sites is 1. The van der Waals surface area contributed by atoms with Crippen molar-refractivity contribution in [2.24, 2.45) is 0 Å². The second-order valence-corrected chi connectivity index (χ2v) is 4.68. The van der Waals surface area contributed by atoms with Gasteiger partial charge in [-0.2, -0.15) is 0 Å². The number of hydrogen-bond donors (Lipinski definition) is 0. The van der Waals surface area contributed by atoms with Gasteiger partial charge in [0, 0.05) is 22.7 Å². The second kappa shape index (κ2) is 4.82.